The summed E-state index contributed by atoms with van der Waals surface area (Å²) in [7, 11) is 0. The van der Waals surface area contributed by atoms with Crippen molar-refractivity contribution >= 4 is 29.2 Å². The Kier molecular flexibility index (Phi) is 3.81. The topological polar surface area (TPSA) is 76.3 Å². The molecular formula is C12H14ClN3O2. The molecule has 1 aromatic rings. The second kappa shape index (κ2) is 5.35. The van der Waals surface area contributed by atoms with E-state index in [2.05, 4.69) is 4.98 Å². The number of amides is 2. The smallest absolute Gasteiger partial charge is 0.229 e. The molecule has 2 N–H and O–H groups in total. The van der Waals surface area contributed by atoms with Crippen molar-refractivity contribution in [1.82, 2.24) is 9.88 Å². The van der Waals surface area contributed by atoms with Gasteiger partial charge in [-0.1, -0.05) is 11.6 Å². The molecular weight excluding hydrogens is 254 g/mol. The standard InChI is InChI=1S/C12H14ClN3O2/c13-8-5-6-10(14)15-9(8)7-16-11(17)3-1-2-4-12(16)18/h5-6H,1-4,7H2,(H2,14,15). The van der Waals surface area contributed by atoms with E-state index >= 15 is 0 Å². The lowest BCUT2D eigenvalue weighted by Crippen LogP contribution is -2.34. The maximum absolute atomic E-state index is 11.8. The van der Waals surface area contributed by atoms with E-state index in [1.165, 1.54) is 4.90 Å². The molecule has 96 valence electrons. The van der Waals surface area contributed by atoms with Crippen molar-refractivity contribution in [1.29, 1.82) is 0 Å². The Morgan fingerprint density at radius 3 is 2.44 bits per heavy atom. The van der Waals surface area contributed by atoms with E-state index in [9.17, 15) is 9.59 Å². The number of rotatable bonds is 2. The van der Waals surface area contributed by atoms with Crippen LogP contribution in [0.3, 0.4) is 0 Å². The van der Waals surface area contributed by atoms with Crippen LogP contribution in [0, 0.1) is 0 Å². The third-order valence-corrected chi connectivity index (χ3v) is 3.23. The molecule has 0 saturated carbocycles. The Morgan fingerprint density at radius 1 is 1.22 bits per heavy atom. The summed E-state index contributed by atoms with van der Waals surface area (Å²) in [6.07, 6.45) is 2.29. The molecule has 6 heteroatoms. The highest BCUT2D eigenvalue weighted by molar-refractivity contribution is 6.31. The van der Waals surface area contributed by atoms with Crippen molar-refractivity contribution in [2.75, 3.05) is 5.73 Å². The van der Waals surface area contributed by atoms with Crippen molar-refractivity contribution in [2.24, 2.45) is 0 Å². The minimum atomic E-state index is -0.169. The van der Waals surface area contributed by atoms with Crippen molar-refractivity contribution in [3.8, 4) is 0 Å². The van der Waals surface area contributed by atoms with E-state index < -0.39 is 0 Å². The lowest BCUT2D eigenvalue weighted by Gasteiger charge is -2.18. The highest BCUT2D eigenvalue weighted by Crippen LogP contribution is 2.20. The van der Waals surface area contributed by atoms with Gasteiger partial charge in [0, 0.05) is 12.8 Å². The van der Waals surface area contributed by atoms with Gasteiger partial charge in [0.15, 0.2) is 0 Å². The Labute approximate surface area is 110 Å². The summed E-state index contributed by atoms with van der Waals surface area (Å²) in [4.78, 5) is 28.9. The highest BCUT2D eigenvalue weighted by atomic mass is 35.5. The molecule has 0 radical (unpaired) electrons. The maximum Gasteiger partial charge on any atom is 0.229 e. The fourth-order valence-corrected chi connectivity index (χ4v) is 2.06. The zero-order chi connectivity index (χ0) is 13.1. The predicted octanol–water partition coefficient (Wildman–Crippen LogP) is 1.75. The fraction of sp³-hybridized carbons (Fsp3) is 0.417. The minimum absolute atomic E-state index is 0.0987. The van der Waals surface area contributed by atoms with Crippen molar-refractivity contribution < 1.29 is 9.59 Å². The largest absolute Gasteiger partial charge is 0.384 e. The summed E-state index contributed by atoms with van der Waals surface area (Å²) in [5.74, 6) is -0.0142. The Bertz CT molecular complexity index is 472. The molecule has 0 aromatic carbocycles. The van der Waals surface area contributed by atoms with Gasteiger partial charge < -0.3 is 5.73 Å². The van der Waals surface area contributed by atoms with Crippen LogP contribution in [0.4, 0.5) is 5.82 Å². The monoisotopic (exact) mass is 267 g/mol. The van der Waals surface area contributed by atoms with Crippen LogP contribution < -0.4 is 5.73 Å². The lowest BCUT2D eigenvalue weighted by molar-refractivity contribution is -0.144. The van der Waals surface area contributed by atoms with E-state index in [0.717, 1.165) is 12.8 Å². The number of likely N-dealkylation sites (tertiary alicyclic amines) is 1. The molecule has 5 nitrogen and oxygen atoms in total. The van der Waals surface area contributed by atoms with Gasteiger partial charge in [0.25, 0.3) is 0 Å². The number of carbonyl (C=O) groups excluding carboxylic acids is 2. The summed E-state index contributed by atoms with van der Waals surface area (Å²) in [6, 6.07) is 3.20. The normalized spacial score (nSPS) is 16.8. The first kappa shape index (κ1) is 12.8. The van der Waals surface area contributed by atoms with Gasteiger partial charge in [0.2, 0.25) is 11.8 Å². The molecule has 2 amide bonds. The summed E-state index contributed by atoms with van der Waals surface area (Å²) in [6.45, 7) is 0.0987. The van der Waals surface area contributed by atoms with Crippen molar-refractivity contribution in [3.63, 3.8) is 0 Å². The van der Waals surface area contributed by atoms with Gasteiger partial charge in [-0.25, -0.2) is 4.98 Å². The first-order valence-corrected chi connectivity index (χ1v) is 6.20. The molecule has 2 rings (SSSR count). The summed E-state index contributed by atoms with van der Waals surface area (Å²) in [5.41, 5.74) is 6.03. The number of hydrogen-bond donors (Lipinski definition) is 1. The molecule has 0 aliphatic carbocycles. The van der Waals surface area contributed by atoms with Gasteiger partial charge in [-0.15, -0.1) is 0 Å². The highest BCUT2D eigenvalue weighted by Gasteiger charge is 2.25. The van der Waals surface area contributed by atoms with E-state index in [1.54, 1.807) is 12.1 Å². The average molecular weight is 268 g/mol. The molecule has 1 aromatic heterocycles. The van der Waals surface area contributed by atoms with Crippen LogP contribution in [-0.2, 0) is 16.1 Å². The minimum Gasteiger partial charge on any atom is -0.384 e. The number of imide groups is 1. The predicted molar refractivity (Wildman–Crippen MR) is 67.7 cm³/mol. The number of hydrogen-bond acceptors (Lipinski definition) is 4. The number of nitrogens with two attached hydrogens (primary N) is 1. The van der Waals surface area contributed by atoms with Crippen LogP contribution in [0.15, 0.2) is 12.1 Å². The zero-order valence-electron chi connectivity index (χ0n) is 9.86. The SMILES string of the molecule is Nc1ccc(Cl)c(CN2C(=O)CCCCC2=O)n1. The molecule has 0 unspecified atom stereocenters. The molecule has 2 heterocycles. The number of aromatic nitrogens is 1. The van der Waals surface area contributed by atoms with E-state index in [4.69, 9.17) is 17.3 Å². The van der Waals surface area contributed by atoms with Crippen LogP contribution >= 0.6 is 11.6 Å². The Balaban J connectivity index is 2.22. The molecule has 1 fully saturated rings. The van der Waals surface area contributed by atoms with Crippen LogP contribution in [0.2, 0.25) is 5.02 Å². The van der Waals surface area contributed by atoms with Gasteiger partial charge in [-0.05, 0) is 25.0 Å². The van der Waals surface area contributed by atoms with E-state index in [0.29, 0.717) is 29.4 Å². The number of pyridine rings is 1. The number of halogens is 1. The van der Waals surface area contributed by atoms with Gasteiger partial charge in [-0.2, -0.15) is 0 Å². The molecule has 18 heavy (non-hydrogen) atoms. The Hall–Kier alpha value is -1.62. The average Bonchev–Trinajstić information content (AvgIpc) is 2.48. The van der Waals surface area contributed by atoms with Crippen LogP contribution in [0.5, 0.6) is 0 Å². The summed E-state index contributed by atoms with van der Waals surface area (Å²) < 4.78 is 0. The fourth-order valence-electron chi connectivity index (χ4n) is 1.90. The molecule has 0 bridgehead atoms. The van der Waals surface area contributed by atoms with Gasteiger partial charge in [-0.3, -0.25) is 14.5 Å². The first-order chi connectivity index (χ1) is 8.58. The van der Waals surface area contributed by atoms with Crippen LogP contribution in [0.1, 0.15) is 31.4 Å². The number of nitrogens with zero attached hydrogens (tertiary/aromatic N) is 2. The second-order valence-corrected chi connectivity index (χ2v) is 4.65. The third-order valence-electron chi connectivity index (χ3n) is 2.88. The molecule has 1 aliphatic rings. The summed E-state index contributed by atoms with van der Waals surface area (Å²) >= 11 is 5.98. The van der Waals surface area contributed by atoms with Crippen molar-refractivity contribution in [2.45, 2.75) is 32.2 Å². The van der Waals surface area contributed by atoms with E-state index in [1.807, 2.05) is 0 Å². The van der Waals surface area contributed by atoms with Gasteiger partial charge in [0.05, 0.1) is 17.3 Å². The van der Waals surface area contributed by atoms with E-state index in [-0.39, 0.29) is 18.4 Å². The number of anilines is 1. The quantitative estimate of drug-likeness (QED) is 0.828. The number of nitrogen functional groups attached to an aromatic ring is 1. The van der Waals surface area contributed by atoms with Gasteiger partial charge in [0.1, 0.15) is 5.82 Å². The van der Waals surface area contributed by atoms with Crippen molar-refractivity contribution in [3.05, 3.63) is 22.8 Å². The second-order valence-electron chi connectivity index (χ2n) is 4.25. The zero-order valence-corrected chi connectivity index (χ0v) is 10.6. The maximum atomic E-state index is 11.8. The first-order valence-electron chi connectivity index (χ1n) is 5.82. The third kappa shape index (κ3) is 2.79. The Morgan fingerprint density at radius 2 is 1.83 bits per heavy atom. The number of carbonyl (C=O) groups is 2. The molecule has 0 spiro atoms. The molecule has 1 aliphatic heterocycles. The van der Waals surface area contributed by atoms with Crippen LogP contribution in [-0.4, -0.2) is 21.7 Å². The van der Waals surface area contributed by atoms with Crippen LogP contribution in [0.25, 0.3) is 0 Å². The molecule has 1 saturated heterocycles. The molecule has 0 atom stereocenters. The lowest BCUT2D eigenvalue weighted by atomic mass is 10.2. The summed E-state index contributed by atoms with van der Waals surface area (Å²) in [5, 5.41) is 0.411. The van der Waals surface area contributed by atoms with Gasteiger partial charge >= 0.3 is 0 Å².